The number of phenolic OH excluding ortho intramolecular Hbond substituents is 1. The molecule has 0 unspecified atom stereocenters. The van der Waals surface area contributed by atoms with Gasteiger partial charge >= 0.3 is 0 Å². The van der Waals surface area contributed by atoms with Gasteiger partial charge in [-0.15, -0.1) is 0 Å². The SMILES string of the molecule is COCCn1c(-c2ccc(O)c(Cl)c2)nc2ccccc21. The molecule has 0 bridgehead atoms. The molecule has 0 aliphatic carbocycles. The van der Waals surface area contributed by atoms with E-state index >= 15 is 0 Å². The second-order valence-electron chi connectivity index (χ2n) is 4.73. The first-order chi connectivity index (χ1) is 10.2. The van der Waals surface area contributed by atoms with Crippen LogP contribution in [0.25, 0.3) is 22.4 Å². The molecule has 0 spiro atoms. The maximum atomic E-state index is 9.56. The fourth-order valence-corrected chi connectivity index (χ4v) is 2.53. The van der Waals surface area contributed by atoms with Crippen molar-refractivity contribution < 1.29 is 9.84 Å². The Morgan fingerprint density at radius 2 is 2.05 bits per heavy atom. The lowest BCUT2D eigenvalue weighted by Crippen LogP contribution is -2.05. The highest BCUT2D eigenvalue weighted by Crippen LogP contribution is 2.30. The second-order valence-corrected chi connectivity index (χ2v) is 5.14. The van der Waals surface area contributed by atoms with Crippen LogP contribution in [0.4, 0.5) is 0 Å². The summed E-state index contributed by atoms with van der Waals surface area (Å²) in [5.74, 6) is 0.884. The van der Waals surface area contributed by atoms with Crippen LogP contribution >= 0.6 is 11.6 Å². The number of hydrogen-bond donors (Lipinski definition) is 1. The lowest BCUT2D eigenvalue weighted by atomic mass is 10.2. The molecule has 3 aromatic rings. The van der Waals surface area contributed by atoms with Crippen LogP contribution in [-0.2, 0) is 11.3 Å². The molecule has 0 aliphatic rings. The highest BCUT2D eigenvalue weighted by Gasteiger charge is 2.13. The highest BCUT2D eigenvalue weighted by atomic mass is 35.5. The molecule has 2 aromatic carbocycles. The summed E-state index contributed by atoms with van der Waals surface area (Å²) in [6.45, 7) is 1.30. The Hall–Kier alpha value is -2.04. The number of aromatic nitrogens is 2. The Labute approximate surface area is 127 Å². The van der Waals surface area contributed by atoms with E-state index in [0.29, 0.717) is 18.2 Å². The quantitative estimate of drug-likeness (QED) is 0.799. The van der Waals surface area contributed by atoms with Crippen molar-refractivity contribution in [3.63, 3.8) is 0 Å². The van der Waals surface area contributed by atoms with Crippen LogP contribution < -0.4 is 0 Å². The molecule has 1 aromatic heterocycles. The summed E-state index contributed by atoms with van der Waals surface area (Å²) in [6.07, 6.45) is 0. The molecule has 0 radical (unpaired) electrons. The molecule has 1 N–H and O–H groups in total. The Balaban J connectivity index is 2.17. The fraction of sp³-hybridized carbons (Fsp3) is 0.188. The number of para-hydroxylation sites is 2. The van der Waals surface area contributed by atoms with Gasteiger partial charge in [0.25, 0.3) is 0 Å². The van der Waals surface area contributed by atoms with Gasteiger partial charge in [-0.25, -0.2) is 4.98 Å². The molecule has 0 amide bonds. The van der Waals surface area contributed by atoms with Crippen LogP contribution in [0.15, 0.2) is 42.5 Å². The number of fused-ring (bicyclic) bond motifs is 1. The average Bonchev–Trinajstić information content (AvgIpc) is 2.86. The summed E-state index contributed by atoms with van der Waals surface area (Å²) in [6, 6.07) is 13.1. The van der Waals surface area contributed by atoms with Gasteiger partial charge in [-0.05, 0) is 30.3 Å². The van der Waals surface area contributed by atoms with E-state index in [1.54, 1.807) is 19.2 Å². The molecule has 0 aliphatic heterocycles. The molecule has 5 heteroatoms. The summed E-state index contributed by atoms with van der Waals surface area (Å²) < 4.78 is 7.28. The Kier molecular flexibility index (Phi) is 3.82. The van der Waals surface area contributed by atoms with Gasteiger partial charge in [0, 0.05) is 19.2 Å². The fourth-order valence-electron chi connectivity index (χ4n) is 2.35. The molecule has 108 valence electrons. The number of halogens is 1. The number of methoxy groups -OCH3 is 1. The van der Waals surface area contributed by atoms with Gasteiger partial charge in [0.2, 0.25) is 0 Å². The van der Waals surface area contributed by atoms with Crippen LogP contribution in [0.1, 0.15) is 0 Å². The molecule has 0 saturated carbocycles. The van der Waals surface area contributed by atoms with Gasteiger partial charge in [0.1, 0.15) is 11.6 Å². The second kappa shape index (κ2) is 5.76. The van der Waals surface area contributed by atoms with E-state index < -0.39 is 0 Å². The van der Waals surface area contributed by atoms with Crippen LogP contribution in [-0.4, -0.2) is 28.4 Å². The number of ether oxygens (including phenoxy) is 1. The molecule has 4 nitrogen and oxygen atoms in total. The monoisotopic (exact) mass is 302 g/mol. The zero-order valence-corrected chi connectivity index (χ0v) is 12.3. The number of imidazole rings is 1. The van der Waals surface area contributed by atoms with E-state index in [9.17, 15) is 5.11 Å². The maximum Gasteiger partial charge on any atom is 0.141 e. The first-order valence-corrected chi connectivity index (χ1v) is 7.01. The van der Waals surface area contributed by atoms with Crippen molar-refractivity contribution in [1.82, 2.24) is 9.55 Å². The van der Waals surface area contributed by atoms with Gasteiger partial charge in [-0.3, -0.25) is 0 Å². The first-order valence-electron chi connectivity index (χ1n) is 6.64. The van der Waals surface area contributed by atoms with Crippen LogP contribution in [0, 0.1) is 0 Å². The van der Waals surface area contributed by atoms with Crippen molar-refractivity contribution in [2.45, 2.75) is 6.54 Å². The summed E-state index contributed by atoms with van der Waals surface area (Å²) in [5, 5.41) is 9.88. The number of hydrogen-bond acceptors (Lipinski definition) is 3. The maximum absolute atomic E-state index is 9.56. The summed E-state index contributed by atoms with van der Waals surface area (Å²) >= 11 is 6.01. The average molecular weight is 303 g/mol. The van der Waals surface area contributed by atoms with E-state index in [1.165, 1.54) is 0 Å². The van der Waals surface area contributed by atoms with Gasteiger partial charge in [-0.2, -0.15) is 0 Å². The van der Waals surface area contributed by atoms with Gasteiger partial charge in [-0.1, -0.05) is 23.7 Å². The number of rotatable bonds is 4. The molecule has 0 atom stereocenters. The Bertz CT molecular complexity index is 783. The minimum absolute atomic E-state index is 0.0694. The number of nitrogens with zero attached hydrogens (tertiary/aromatic N) is 2. The minimum atomic E-state index is 0.0694. The molecule has 3 rings (SSSR count). The molecule has 0 fully saturated rings. The summed E-state index contributed by atoms with van der Waals surface area (Å²) in [7, 11) is 1.68. The smallest absolute Gasteiger partial charge is 0.141 e. The zero-order chi connectivity index (χ0) is 14.8. The lowest BCUT2D eigenvalue weighted by molar-refractivity contribution is 0.188. The van der Waals surface area contributed by atoms with Gasteiger partial charge < -0.3 is 14.4 Å². The minimum Gasteiger partial charge on any atom is -0.506 e. The van der Waals surface area contributed by atoms with Gasteiger partial charge in [0.15, 0.2) is 0 Å². The summed E-state index contributed by atoms with van der Waals surface area (Å²) in [4.78, 5) is 4.67. The third-order valence-electron chi connectivity index (χ3n) is 3.38. The van der Waals surface area contributed by atoms with E-state index in [-0.39, 0.29) is 5.75 Å². The molecule has 1 heterocycles. The van der Waals surface area contributed by atoms with Crippen molar-refractivity contribution in [2.75, 3.05) is 13.7 Å². The van der Waals surface area contributed by atoms with Crippen LogP contribution in [0.2, 0.25) is 5.02 Å². The predicted molar refractivity (Wildman–Crippen MR) is 83.7 cm³/mol. The highest BCUT2D eigenvalue weighted by molar-refractivity contribution is 6.32. The zero-order valence-electron chi connectivity index (χ0n) is 11.6. The standard InChI is InChI=1S/C16H15ClN2O2/c1-21-9-8-19-14-5-3-2-4-13(14)18-16(19)11-6-7-15(20)12(17)10-11/h2-7,10,20H,8-9H2,1H3. The van der Waals surface area contributed by atoms with E-state index in [4.69, 9.17) is 16.3 Å². The van der Waals surface area contributed by atoms with Crippen molar-refractivity contribution in [2.24, 2.45) is 0 Å². The largest absolute Gasteiger partial charge is 0.506 e. The summed E-state index contributed by atoms with van der Waals surface area (Å²) in [5.41, 5.74) is 2.84. The Morgan fingerprint density at radius 3 is 2.81 bits per heavy atom. The first kappa shape index (κ1) is 13.9. The molecular formula is C16H15ClN2O2. The number of aromatic hydroxyl groups is 1. The third-order valence-corrected chi connectivity index (χ3v) is 3.68. The topological polar surface area (TPSA) is 47.3 Å². The van der Waals surface area contributed by atoms with Crippen LogP contribution in [0.5, 0.6) is 5.75 Å². The number of phenols is 1. The number of benzene rings is 2. The van der Waals surface area contributed by atoms with Crippen molar-refractivity contribution >= 4 is 22.6 Å². The van der Waals surface area contributed by atoms with E-state index in [2.05, 4.69) is 9.55 Å². The van der Waals surface area contributed by atoms with Crippen molar-refractivity contribution in [1.29, 1.82) is 0 Å². The normalized spacial score (nSPS) is 11.1. The van der Waals surface area contributed by atoms with Crippen molar-refractivity contribution in [3.05, 3.63) is 47.5 Å². The molecule has 21 heavy (non-hydrogen) atoms. The molecular weight excluding hydrogens is 288 g/mol. The predicted octanol–water partition coefficient (Wildman–Crippen LogP) is 3.71. The lowest BCUT2D eigenvalue weighted by Gasteiger charge is -2.09. The third kappa shape index (κ3) is 2.60. The Morgan fingerprint density at radius 1 is 1.24 bits per heavy atom. The van der Waals surface area contributed by atoms with Crippen molar-refractivity contribution in [3.8, 4) is 17.1 Å². The van der Waals surface area contributed by atoms with E-state index in [1.807, 2.05) is 30.3 Å². The van der Waals surface area contributed by atoms with Crippen LogP contribution in [0.3, 0.4) is 0 Å². The molecule has 0 saturated heterocycles. The van der Waals surface area contributed by atoms with Gasteiger partial charge in [0.05, 0.1) is 22.7 Å². The van der Waals surface area contributed by atoms with E-state index in [0.717, 1.165) is 22.4 Å².